The first-order valence-electron chi connectivity index (χ1n) is 6.22. The van der Waals surface area contributed by atoms with Gasteiger partial charge in [-0.3, -0.25) is 11.3 Å². The van der Waals surface area contributed by atoms with Crippen molar-refractivity contribution in [1.82, 2.24) is 5.43 Å². The minimum absolute atomic E-state index is 0.140. The van der Waals surface area contributed by atoms with E-state index < -0.39 is 0 Å². The number of aryl methyl sites for hydroxylation is 1. The highest BCUT2D eigenvalue weighted by Gasteiger charge is 2.16. The van der Waals surface area contributed by atoms with E-state index in [1.807, 2.05) is 12.1 Å². The van der Waals surface area contributed by atoms with Crippen LogP contribution in [0.15, 0.2) is 18.2 Å². The summed E-state index contributed by atoms with van der Waals surface area (Å²) >= 11 is 0. The van der Waals surface area contributed by atoms with E-state index in [1.54, 1.807) is 14.2 Å². The Balaban J connectivity index is 2.81. The highest BCUT2D eigenvalue weighted by Crippen LogP contribution is 2.26. The molecule has 4 nitrogen and oxygen atoms in total. The molecular formula is C14H24N2O2. The molecule has 0 aliphatic rings. The van der Waals surface area contributed by atoms with Gasteiger partial charge in [0, 0.05) is 19.8 Å². The van der Waals surface area contributed by atoms with Gasteiger partial charge >= 0.3 is 0 Å². The van der Waals surface area contributed by atoms with Crippen molar-refractivity contribution >= 4 is 0 Å². The summed E-state index contributed by atoms with van der Waals surface area (Å²) in [7, 11) is 3.40. The molecule has 0 spiro atoms. The van der Waals surface area contributed by atoms with Crippen LogP contribution in [-0.2, 0) is 4.74 Å². The van der Waals surface area contributed by atoms with E-state index in [-0.39, 0.29) is 6.04 Å². The lowest BCUT2D eigenvalue weighted by Crippen LogP contribution is -2.30. The molecule has 2 atom stereocenters. The standard InChI is InChI=1S/C14H24N2O2/c1-10(9-17-3)7-14(16-15)13-6-5-12(18-4)8-11(13)2/h5-6,8,10,14,16H,7,9,15H2,1-4H3. The Kier molecular flexibility index (Phi) is 6.12. The van der Waals surface area contributed by atoms with Gasteiger partial charge in [-0.15, -0.1) is 0 Å². The molecule has 0 fully saturated rings. The molecule has 2 unspecified atom stereocenters. The highest BCUT2D eigenvalue weighted by atomic mass is 16.5. The molecular weight excluding hydrogens is 228 g/mol. The molecule has 102 valence electrons. The normalized spacial score (nSPS) is 14.3. The van der Waals surface area contributed by atoms with E-state index >= 15 is 0 Å². The van der Waals surface area contributed by atoms with Gasteiger partial charge in [-0.25, -0.2) is 0 Å². The van der Waals surface area contributed by atoms with E-state index in [4.69, 9.17) is 15.3 Å². The van der Waals surface area contributed by atoms with Crippen LogP contribution in [0, 0.1) is 12.8 Å². The number of rotatable bonds is 7. The van der Waals surface area contributed by atoms with Crippen LogP contribution < -0.4 is 16.0 Å². The van der Waals surface area contributed by atoms with Crippen LogP contribution >= 0.6 is 0 Å². The molecule has 0 aliphatic heterocycles. The average molecular weight is 252 g/mol. The van der Waals surface area contributed by atoms with Crippen molar-refractivity contribution < 1.29 is 9.47 Å². The summed E-state index contributed by atoms with van der Waals surface area (Å²) in [6.07, 6.45) is 0.942. The molecule has 0 saturated carbocycles. The monoisotopic (exact) mass is 252 g/mol. The zero-order chi connectivity index (χ0) is 13.5. The maximum atomic E-state index is 5.67. The molecule has 0 radical (unpaired) electrons. The van der Waals surface area contributed by atoms with Crippen molar-refractivity contribution in [2.24, 2.45) is 11.8 Å². The second kappa shape index (κ2) is 7.36. The van der Waals surface area contributed by atoms with Crippen molar-refractivity contribution in [3.63, 3.8) is 0 Å². The number of hydrazine groups is 1. The predicted octanol–water partition coefficient (Wildman–Crippen LogP) is 2.18. The van der Waals surface area contributed by atoms with Gasteiger partial charge < -0.3 is 9.47 Å². The SMILES string of the molecule is COCC(C)CC(NN)c1ccc(OC)cc1C. The zero-order valence-electron chi connectivity index (χ0n) is 11.7. The fourth-order valence-electron chi connectivity index (χ4n) is 2.21. The molecule has 1 aromatic carbocycles. The summed E-state index contributed by atoms with van der Waals surface area (Å²) in [5, 5.41) is 0. The highest BCUT2D eigenvalue weighted by molar-refractivity contribution is 5.36. The zero-order valence-corrected chi connectivity index (χ0v) is 11.7. The van der Waals surface area contributed by atoms with Crippen LogP contribution in [-0.4, -0.2) is 20.8 Å². The first-order valence-corrected chi connectivity index (χ1v) is 6.22. The van der Waals surface area contributed by atoms with Crippen molar-refractivity contribution in [3.8, 4) is 5.75 Å². The third-order valence-corrected chi connectivity index (χ3v) is 3.14. The number of benzene rings is 1. The van der Waals surface area contributed by atoms with Gasteiger partial charge in [-0.2, -0.15) is 0 Å². The first-order chi connectivity index (χ1) is 8.62. The number of ether oxygens (including phenoxy) is 2. The van der Waals surface area contributed by atoms with E-state index in [0.29, 0.717) is 5.92 Å². The fraction of sp³-hybridized carbons (Fsp3) is 0.571. The van der Waals surface area contributed by atoms with Gasteiger partial charge in [-0.05, 0) is 42.5 Å². The Bertz CT molecular complexity index is 369. The Labute approximate surface area is 109 Å². The lowest BCUT2D eigenvalue weighted by atomic mass is 9.93. The summed E-state index contributed by atoms with van der Waals surface area (Å²) in [6, 6.07) is 6.20. The lowest BCUT2D eigenvalue weighted by molar-refractivity contribution is 0.149. The molecule has 4 heteroatoms. The Morgan fingerprint density at radius 1 is 1.33 bits per heavy atom. The molecule has 0 bridgehead atoms. The van der Waals surface area contributed by atoms with Gasteiger partial charge in [0.1, 0.15) is 5.75 Å². The molecule has 0 aliphatic carbocycles. The number of nitrogens with two attached hydrogens (primary N) is 1. The topological polar surface area (TPSA) is 56.5 Å². The van der Waals surface area contributed by atoms with Crippen molar-refractivity contribution in [2.45, 2.75) is 26.3 Å². The number of nitrogens with one attached hydrogen (secondary N) is 1. The fourth-order valence-corrected chi connectivity index (χ4v) is 2.21. The average Bonchev–Trinajstić information content (AvgIpc) is 2.36. The number of methoxy groups -OCH3 is 2. The third kappa shape index (κ3) is 3.98. The largest absolute Gasteiger partial charge is 0.497 e. The van der Waals surface area contributed by atoms with Crippen LogP contribution in [0.1, 0.15) is 30.5 Å². The summed E-state index contributed by atoms with van der Waals surface area (Å²) in [4.78, 5) is 0. The number of hydrogen-bond acceptors (Lipinski definition) is 4. The molecule has 1 aromatic rings. The van der Waals surface area contributed by atoms with Crippen LogP contribution in [0.5, 0.6) is 5.75 Å². The van der Waals surface area contributed by atoms with Gasteiger partial charge in [0.2, 0.25) is 0 Å². The van der Waals surface area contributed by atoms with Crippen LogP contribution in [0.4, 0.5) is 0 Å². The second-order valence-electron chi connectivity index (χ2n) is 4.74. The smallest absolute Gasteiger partial charge is 0.119 e. The molecule has 0 saturated heterocycles. The maximum absolute atomic E-state index is 5.67. The van der Waals surface area contributed by atoms with Crippen molar-refractivity contribution in [1.29, 1.82) is 0 Å². The molecule has 3 N–H and O–H groups in total. The lowest BCUT2D eigenvalue weighted by Gasteiger charge is -2.22. The minimum atomic E-state index is 0.140. The van der Waals surface area contributed by atoms with Gasteiger partial charge in [-0.1, -0.05) is 13.0 Å². The summed E-state index contributed by atoms with van der Waals surface area (Å²) in [5.41, 5.74) is 5.28. The molecule has 0 heterocycles. The quantitative estimate of drug-likeness (QED) is 0.577. The summed E-state index contributed by atoms with van der Waals surface area (Å²) in [5.74, 6) is 6.99. The first kappa shape index (κ1) is 15.0. The van der Waals surface area contributed by atoms with Crippen LogP contribution in [0.25, 0.3) is 0 Å². The second-order valence-corrected chi connectivity index (χ2v) is 4.74. The molecule has 18 heavy (non-hydrogen) atoms. The van der Waals surface area contributed by atoms with Crippen LogP contribution in [0.3, 0.4) is 0 Å². The van der Waals surface area contributed by atoms with Crippen molar-refractivity contribution in [2.75, 3.05) is 20.8 Å². The van der Waals surface area contributed by atoms with Crippen LogP contribution in [0.2, 0.25) is 0 Å². The van der Waals surface area contributed by atoms with E-state index in [9.17, 15) is 0 Å². The molecule has 0 amide bonds. The Morgan fingerprint density at radius 2 is 2.06 bits per heavy atom. The number of hydrogen-bond donors (Lipinski definition) is 2. The van der Waals surface area contributed by atoms with E-state index in [0.717, 1.165) is 18.8 Å². The maximum Gasteiger partial charge on any atom is 0.119 e. The molecule has 0 aromatic heterocycles. The van der Waals surface area contributed by atoms with Gasteiger partial charge in [0.15, 0.2) is 0 Å². The van der Waals surface area contributed by atoms with E-state index in [2.05, 4.69) is 25.3 Å². The van der Waals surface area contributed by atoms with Gasteiger partial charge in [0.25, 0.3) is 0 Å². The summed E-state index contributed by atoms with van der Waals surface area (Å²) in [6.45, 7) is 4.98. The van der Waals surface area contributed by atoms with E-state index in [1.165, 1.54) is 11.1 Å². The minimum Gasteiger partial charge on any atom is -0.497 e. The third-order valence-electron chi connectivity index (χ3n) is 3.14. The van der Waals surface area contributed by atoms with Crippen molar-refractivity contribution in [3.05, 3.63) is 29.3 Å². The summed E-state index contributed by atoms with van der Waals surface area (Å²) < 4.78 is 10.4. The Hall–Kier alpha value is -1.10. The molecule has 1 rings (SSSR count). The Morgan fingerprint density at radius 3 is 2.56 bits per heavy atom. The van der Waals surface area contributed by atoms with Gasteiger partial charge in [0.05, 0.1) is 7.11 Å². The predicted molar refractivity (Wildman–Crippen MR) is 73.5 cm³/mol.